The molecule has 0 radical (unpaired) electrons. The minimum atomic E-state index is -0.107. The zero-order chi connectivity index (χ0) is 17.6. The molecule has 5 nitrogen and oxygen atoms in total. The average Bonchev–Trinajstić information content (AvgIpc) is 2.92. The van der Waals surface area contributed by atoms with E-state index in [4.69, 9.17) is 4.74 Å². The SMILES string of the molecule is Cc1cc(C)n(CC(=O)Nc2ccc(OCc3ccccc3)cc2)n1. The van der Waals surface area contributed by atoms with Crippen LogP contribution >= 0.6 is 0 Å². The zero-order valence-corrected chi connectivity index (χ0v) is 14.4. The monoisotopic (exact) mass is 335 g/mol. The third kappa shape index (κ3) is 4.70. The summed E-state index contributed by atoms with van der Waals surface area (Å²) in [5, 5.41) is 7.17. The predicted octanol–water partition coefficient (Wildman–Crippen LogP) is 3.72. The molecule has 1 N–H and O–H groups in total. The molecule has 0 atom stereocenters. The Morgan fingerprint density at radius 1 is 1.08 bits per heavy atom. The highest BCUT2D eigenvalue weighted by molar-refractivity contribution is 5.90. The van der Waals surface area contributed by atoms with Gasteiger partial charge in [0.15, 0.2) is 0 Å². The number of carbonyl (C=O) groups is 1. The smallest absolute Gasteiger partial charge is 0.246 e. The van der Waals surface area contributed by atoms with Crippen LogP contribution in [-0.4, -0.2) is 15.7 Å². The molecule has 1 amide bonds. The van der Waals surface area contributed by atoms with Crippen LogP contribution in [0.2, 0.25) is 0 Å². The Kier molecular flexibility index (Phi) is 5.14. The second-order valence-corrected chi connectivity index (χ2v) is 5.93. The Labute approximate surface area is 147 Å². The molecule has 0 saturated heterocycles. The fraction of sp³-hybridized carbons (Fsp3) is 0.200. The molecule has 0 aliphatic carbocycles. The van der Waals surface area contributed by atoms with E-state index in [1.54, 1.807) is 4.68 Å². The van der Waals surface area contributed by atoms with Gasteiger partial charge < -0.3 is 10.1 Å². The topological polar surface area (TPSA) is 56.2 Å². The number of hydrogen-bond donors (Lipinski definition) is 1. The first-order valence-corrected chi connectivity index (χ1v) is 8.18. The number of nitrogens with one attached hydrogen (secondary N) is 1. The van der Waals surface area contributed by atoms with Crippen LogP contribution in [-0.2, 0) is 17.9 Å². The van der Waals surface area contributed by atoms with Crippen LogP contribution in [0.3, 0.4) is 0 Å². The van der Waals surface area contributed by atoms with Crippen molar-refractivity contribution in [1.29, 1.82) is 0 Å². The van der Waals surface area contributed by atoms with Crippen molar-refractivity contribution in [2.75, 3.05) is 5.32 Å². The molecule has 25 heavy (non-hydrogen) atoms. The molecule has 1 heterocycles. The van der Waals surface area contributed by atoms with Crippen LogP contribution in [0.1, 0.15) is 17.0 Å². The van der Waals surface area contributed by atoms with Gasteiger partial charge in [0.2, 0.25) is 5.91 Å². The Morgan fingerprint density at radius 3 is 2.44 bits per heavy atom. The van der Waals surface area contributed by atoms with Gasteiger partial charge in [-0.05, 0) is 49.7 Å². The molecule has 3 aromatic rings. The summed E-state index contributed by atoms with van der Waals surface area (Å²) in [4.78, 5) is 12.1. The molecule has 0 aliphatic rings. The number of anilines is 1. The van der Waals surface area contributed by atoms with Gasteiger partial charge in [0.05, 0.1) is 5.69 Å². The van der Waals surface area contributed by atoms with Crippen molar-refractivity contribution < 1.29 is 9.53 Å². The Morgan fingerprint density at radius 2 is 1.80 bits per heavy atom. The van der Waals surface area contributed by atoms with Crippen molar-refractivity contribution in [2.45, 2.75) is 27.0 Å². The molecular weight excluding hydrogens is 314 g/mol. The van der Waals surface area contributed by atoms with E-state index >= 15 is 0 Å². The van der Waals surface area contributed by atoms with Crippen molar-refractivity contribution in [3.05, 3.63) is 77.6 Å². The van der Waals surface area contributed by atoms with Crippen LogP contribution in [0.4, 0.5) is 5.69 Å². The molecule has 128 valence electrons. The number of rotatable bonds is 6. The van der Waals surface area contributed by atoms with E-state index in [1.165, 1.54) is 0 Å². The second-order valence-electron chi connectivity index (χ2n) is 5.93. The van der Waals surface area contributed by atoms with Gasteiger partial charge >= 0.3 is 0 Å². The van der Waals surface area contributed by atoms with E-state index in [0.717, 1.165) is 28.4 Å². The lowest BCUT2D eigenvalue weighted by molar-refractivity contribution is -0.116. The molecule has 0 unspecified atom stereocenters. The van der Waals surface area contributed by atoms with Crippen molar-refractivity contribution in [3.8, 4) is 5.75 Å². The number of hydrogen-bond acceptors (Lipinski definition) is 3. The largest absolute Gasteiger partial charge is 0.489 e. The lowest BCUT2D eigenvalue weighted by atomic mass is 10.2. The van der Waals surface area contributed by atoms with Gasteiger partial charge in [-0.15, -0.1) is 0 Å². The van der Waals surface area contributed by atoms with Crippen LogP contribution in [0.25, 0.3) is 0 Å². The maximum absolute atomic E-state index is 12.1. The minimum Gasteiger partial charge on any atom is -0.489 e. The highest BCUT2D eigenvalue weighted by Gasteiger charge is 2.07. The van der Waals surface area contributed by atoms with Crippen molar-refractivity contribution in [3.63, 3.8) is 0 Å². The number of aryl methyl sites for hydroxylation is 2. The number of amides is 1. The minimum absolute atomic E-state index is 0.107. The van der Waals surface area contributed by atoms with Crippen molar-refractivity contribution in [2.24, 2.45) is 0 Å². The van der Waals surface area contributed by atoms with Gasteiger partial charge in [0.25, 0.3) is 0 Å². The molecule has 0 aliphatic heterocycles. The molecule has 0 fully saturated rings. The van der Waals surface area contributed by atoms with E-state index in [-0.39, 0.29) is 12.5 Å². The normalized spacial score (nSPS) is 10.5. The molecule has 2 aromatic carbocycles. The maximum Gasteiger partial charge on any atom is 0.246 e. The summed E-state index contributed by atoms with van der Waals surface area (Å²) < 4.78 is 7.44. The first-order valence-electron chi connectivity index (χ1n) is 8.18. The lowest BCUT2D eigenvalue weighted by Crippen LogP contribution is -2.20. The fourth-order valence-electron chi connectivity index (χ4n) is 2.55. The summed E-state index contributed by atoms with van der Waals surface area (Å²) in [6, 6.07) is 19.3. The number of carbonyl (C=O) groups excluding carboxylic acids is 1. The number of benzene rings is 2. The third-order valence-electron chi connectivity index (χ3n) is 3.78. The fourth-order valence-corrected chi connectivity index (χ4v) is 2.55. The van der Waals surface area contributed by atoms with Gasteiger partial charge in [-0.2, -0.15) is 5.10 Å². The molecule has 0 bridgehead atoms. The second kappa shape index (κ2) is 7.66. The van der Waals surface area contributed by atoms with E-state index in [9.17, 15) is 4.79 Å². The first-order chi connectivity index (χ1) is 12.1. The molecular formula is C20H21N3O2. The van der Waals surface area contributed by atoms with Crippen LogP contribution in [0.15, 0.2) is 60.7 Å². The van der Waals surface area contributed by atoms with Gasteiger partial charge in [-0.25, -0.2) is 0 Å². The summed E-state index contributed by atoms with van der Waals surface area (Å²) in [6.45, 7) is 4.57. The molecule has 1 aromatic heterocycles. The predicted molar refractivity (Wildman–Crippen MR) is 97.5 cm³/mol. The Hall–Kier alpha value is -3.08. The molecule has 5 heteroatoms. The highest BCUT2D eigenvalue weighted by Crippen LogP contribution is 2.17. The van der Waals surface area contributed by atoms with Crippen molar-refractivity contribution >= 4 is 11.6 Å². The highest BCUT2D eigenvalue weighted by atomic mass is 16.5. The van der Waals surface area contributed by atoms with E-state index in [0.29, 0.717) is 6.61 Å². The van der Waals surface area contributed by atoms with Crippen LogP contribution in [0, 0.1) is 13.8 Å². The number of ether oxygens (including phenoxy) is 1. The summed E-state index contributed by atoms with van der Waals surface area (Å²) in [6.07, 6.45) is 0. The van der Waals surface area contributed by atoms with Gasteiger partial charge in [-0.3, -0.25) is 9.48 Å². The molecule has 0 spiro atoms. The van der Waals surface area contributed by atoms with E-state index < -0.39 is 0 Å². The number of aromatic nitrogens is 2. The van der Waals surface area contributed by atoms with Crippen LogP contribution in [0.5, 0.6) is 5.75 Å². The number of nitrogens with zero attached hydrogens (tertiary/aromatic N) is 2. The average molecular weight is 335 g/mol. The maximum atomic E-state index is 12.1. The molecule has 0 saturated carbocycles. The Balaban J connectivity index is 1.53. The zero-order valence-electron chi connectivity index (χ0n) is 14.4. The third-order valence-corrected chi connectivity index (χ3v) is 3.78. The van der Waals surface area contributed by atoms with Gasteiger partial charge in [0, 0.05) is 11.4 Å². The van der Waals surface area contributed by atoms with E-state index in [1.807, 2.05) is 74.5 Å². The Bertz CT molecular complexity index is 839. The van der Waals surface area contributed by atoms with E-state index in [2.05, 4.69) is 10.4 Å². The van der Waals surface area contributed by atoms with Crippen LogP contribution < -0.4 is 10.1 Å². The molecule has 3 rings (SSSR count). The first kappa shape index (κ1) is 16.8. The van der Waals surface area contributed by atoms with Crippen molar-refractivity contribution in [1.82, 2.24) is 9.78 Å². The summed E-state index contributed by atoms with van der Waals surface area (Å²) in [5.41, 5.74) is 3.73. The quantitative estimate of drug-likeness (QED) is 0.747. The summed E-state index contributed by atoms with van der Waals surface area (Å²) >= 11 is 0. The standard InChI is InChI=1S/C20H21N3O2/c1-15-12-16(2)23(22-15)13-20(24)21-18-8-10-19(11-9-18)25-14-17-6-4-3-5-7-17/h3-12H,13-14H2,1-2H3,(H,21,24). The van der Waals surface area contributed by atoms with Gasteiger partial charge in [-0.1, -0.05) is 30.3 Å². The summed E-state index contributed by atoms with van der Waals surface area (Å²) in [7, 11) is 0. The summed E-state index contributed by atoms with van der Waals surface area (Å²) in [5.74, 6) is 0.657. The van der Waals surface area contributed by atoms with Gasteiger partial charge in [0.1, 0.15) is 18.9 Å². The lowest BCUT2D eigenvalue weighted by Gasteiger charge is -2.09.